The van der Waals surface area contributed by atoms with Crippen molar-refractivity contribution in [2.24, 2.45) is 0 Å². The predicted octanol–water partition coefficient (Wildman–Crippen LogP) is 5.57. The minimum absolute atomic E-state index is 0.204. The lowest BCUT2D eigenvalue weighted by Crippen LogP contribution is -2.19. The van der Waals surface area contributed by atoms with Crippen molar-refractivity contribution in [3.63, 3.8) is 0 Å². The van der Waals surface area contributed by atoms with Crippen LogP contribution in [0.15, 0.2) is 82.6 Å². The van der Waals surface area contributed by atoms with Gasteiger partial charge in [-0.15, -0.1) is 11.8 Å². The molecule has 0 bridgehead atoms. The number of anilines is 1. The van der Waals surface area contributed by atoms with E-state index in [1.54, 1.807) is 36.5 Å². The number of alkyl halides is 3. The highest BCUT2D eigenvalue weighted by Crippen LogP contribution is 2.33. The van der Waals surface area contributed by atoms with E-state index in [2.05, 4.69) is 10.3 Å². The normalized spacial score (nSPS) is 11.5. The number of carbonyl (C=O) groups is 1. The zero-order chi connectivity index (χ0) is 23.6. The van der Waals surface area contributed by atoms with Gasteiger partial charge < -0.3 is 5.32 Å². The van der Waals surface area contributed by atoms with E-state index >= 15 is 0 Å². The summed E-state index contributed by atoms with van der Waals surface area (Å²) in [6.07, 6.45) is -2.99. The van der Waals surface area contributed by atoms with E-state index in [-0.39, 0.29) is 5.56 Å². The van der Waals surface area contributed by atoms with Crippen LogP contribution >= 0.6 is 11.8 Å². The fourth-order valence-electron chi connectivity index (χ4n) is 3.35. The highest BCUT2D eigenvalue weighted by atomic mass is 32.2. The van der Waals surface area contributed by atoms with Crippen LogP contribution in [0.3, 0.4) is 0 Å². The van der Waals surface area contributed by atoms with Crippen molar-refractivity contribution in [2.75, 3.05) is 5.32 Å². The van der Waals surface area contributed by atoms with Gasteiger partial charge in [-0.1, -0.05) is 30.3 Å². The van der Waals surface area contributed by atoms with Crippen LogP contribution in [0.4, 0.5) is 18.9 Å². The number of rotatable bonds is 5. The van der Waals surface area contributed by atoms with E-state index in [4.69, 9.17) is 0 Å². The van der Waals surface area contributed by atoms with Crippen molar-refractivity contribution >= 4 is 29.0 Å². The molecule has 0 aliphatic rings. The van der Waals surface area contributed by atoms with E-state index in [9.17, 15) is 22.8 Å². The highest BCUT2D eigenvalue weighted by molar-refractivity contribution is 7.98. The van der Waals surface area contributed by atoms with E-state index in [1.807, 2.05) is 13.0 Å². The number of thioether (sulfide) groups is 1. The summed E-state index contributed by atoms with van der Waals surface area (Å²) in [5.74, 6) is -0.514. The molecule has 1 amide bonds. The number of para-hydroxylation sites is 1. The van der Waals surface area contributed by atoms with Gasteiger partial charge in [-0.2, -0.15) is 13.2 Å². The Hall–Kier alpha value is -3.59. The van der Waals surface area contributed by atoms with Gasteiger partial charge in [0.2, 0.25) is 0 Å². The molecule has 0 saturated heterocycles. The van der Waals surface area contributed by atoms with Gasteiger partial charge in [-0.05, 0) is 42.8 Å². The van der Waals surface area contributed by atoms with Crippen LogP contribution in [-0.4, -0.2) is 15.3 Å². The molecule has 0 atom stereocenters. The second-order valence-electron chi connectivity index (χ2n) is 7.25. The smallest absolute Gasteiger partial charge is 0.321 e. The molecule has 2 aromatic carbocycles. The summed E-state index contributed by atoms with van der Waals surface area (Å²) in [4.78, 5) is 30.3. The first-order chi connectivity index (χ1) is 15.7. The van der Waals surface area contributed by atoms with Crippen molar-refractivity contribution < 1.29 is 18.0 Å². The number of hydrogen-bond acceptors (Lipinski definition) is 4. The number of pyridine rings is 1. The maximum atomic E-state index is 13.3. The van der Waals surface area contributed by atoms with Crippen LogP contribution in [0.1, 0.15) is 27.2 Å². The van der Waals surface area contributed by atoms with Crippen molar-refractivity contribution in [2.45, 2.75) is 23.7 Å². The topological polar surface area (TPSA) is 63.5 Å². The zero-order valence-corrected chi connectivity index (χ0v) is 18.2. The maximum absolute atomic E-state index is 13.3. The van der Waals surface area contributed by atoms with E-state index in [0.717, 1.165) is 17.7 Å². The molecular weight excluding hydrogens is 451 g/mol. The monoisotopic (exact) mass is 469 g/mol. The SMILES string of the molecule is Cc1cccn2c(=O)cc(CSc3ccccc3NC(=O)c3ccccc3C(F)(F)F)nc12. The van der Waals surface area contributed by atoms with E-state index < -0.39 is 23.2 Å². The highest BCUT2D eigenvalue weighted by Gasteiger charge is 2.34. The minimum atomic E-state index is -4.64. The first kappa shape index (κ1) is 22.6. The molecule has 1 N–H and O–H groups in total. The summed E-state index contributed by atoms with van der Waals surface area (Å²) < 4.78 is 41.3. The van der Waals surface area contributed by atoms with Crippen molar-refractivity contribution in [1.82, 2.24) is 9.38 Å². The number of hydrogen-bond donors (Lipinski definition) is 1. The zero-order valence-electron chi connectivity index (χ0n) is 17.4. The van der Waals surface area contributed by atoms with Gasteiger partial charge >= 0.3 is 6.18 Å². The number of halogens is 3. The molecule has 0 aliphatic heterocycles. The molecule has 2 heterocycles. The lowest BCUT2D eigenvalue weighted by atomic mass is 10.1. The van der Waals surface area contributed by atoms with Gasteiger partial charge in [0.05, 0.1) is 22.5 Å². The Morgan fingerprint density at radius 3 is 2.58 bits per heavy atom. The Balaban J connectivity index is 1.57. The Kier molecular flexibility index (Phi) is 6.24. The molecule has 0 aliphatic carbocycles. The summed E-state index contributed by atoms with van der Waals surface area (Å²) in [6.45, 7) is 1.86. The molecule has 2 aromatic heterocycles. The van der Waals surface area contributed by atoms with Crippen molar-refractivity contribution in [1.29, 1.82) is 0 Å². The van der Waals surface area contributed by atoms with Crippen LogP contribution in [0.5, 0.6) is 0 Å². The maximum Gasteiger partial charge on any atom is 0.417 e. The molecule has 9 heteroatoms. The van der Waals surface area contributed by atoms with Gasteiger partial charge in [0.1, 0.15) is 5.65 Å². The number of nitrogens with one attached hydrogen (secondary N) is 1. The first-order valence-electron chi connectivity index (χ1n) is 9.91. The fourth-order valence-corrected chi connectivity index (χ4v) is 4.25. The van der Waals surface area contributed by atoms with Crippen LogP contribution in [-0.2, 0) is 11.9 Å². The molecule has 33 heavy (non-hydrogen) atoms. The van der Waals surface area contributed by atoms with Crippen LogP contribution in [0.2, 0.25) is 0 Å². The third-order valence-electron chi connectivity index (χ3n) is 4.93. The average Bonchev–Trinajstić information content (AvgIpc) is 2.78. The van der Waals surface area contributed by atoms with Gasteiger partial charge in [0.15, 0.2) is 0 Å². The molecule has 4 rings (SSSR count). The molecule has 4 aromatic rings. The van der Waals surface area contributed by atoms with Crippen molar-refractivity contribution in [3.8, 4) is 0 Å². The van der Waals surface area contributed by atoms with Gasteiger partial charge in [-0.3, -0.25) is 14.0 Å². The molecule has 0 spiro atoms. The summed E-state index contributed by atoms with van der Waals surface area (Å²) >= 11 is 1.32. The minimum Gasteiger partial charge on any atom is -0.321 e. The summed E-state index contributed by atoms with van der Waals surface area (Å²) in [5, 5.41) is 2.58. The second-order valence-corrected chi connectivity index (χ2v) is 8.27. The predicted molar refractivity (Wildman–Crippen MR) is 122 cm³/mol. The molecule has 0 unspecified atom stereocenters. The molecule has 5 nitrogen and oxygen atoms in total. The number of carbonyl (C=O) groups excluding carboxylic acids is 1. The summed E-state index contributed by atoms with van der Waals surface area (Å²) in [6, 6.07) is 16.5. The fraction of sp³-hybridized carbons (Fsp3) is 0.125. The number of aromatic nitrogens is 2. The Labute approximate surface area is 191 Å². The standard InChI is InChI=1S/C24H18F3N3O2S/c1-15-7-6-12-30-21(31)13-16(28-22(15)30)14-33-20-11-5-4-10-19(20)29-23(32)17-8-2-3-9-18(17)24(25,26)27/h2-13H,14H2,1H3,(H,29,32). The largest absolute Gasteiger partial charge is 0.417 e. The molecule has 168 valence electrons. The lowest BCUT2D eigenvalue weighted by molar-refractivity contribution is -0.137. The number of aryl methyl sites for hydroxylation is 1. The van der Waals surface area contributed by atoms with Gasteiger partial charge in [-0.25, -0.2) is 4.98 Å². The van der Waals surface area contributed by atoms with E-state index in [1.165, 1.54) is 34.4 Å². The van der Waals surface area contributed by atoms with Crippen LogP contribution in [0.25, 0.3) is 5.65 Å². The first-order valence-corrected chi connectivity index (χ1v) is 10.9. The van der Waals surface area contributed by atoms with Crippen LogP contribution < -0.4 is 10.9 Å². The summed E-state index contributed by atoms with van der Waals surface area (Å²) in [5.41, 5.74) is 0.697. The third kappa shape index (κ3) is 4.93. The van der Waals surface area contributed by atoms with E-state index in [0.29, 0.717) is 27.7 Å². The Bertz CT molecular complexity index is 1400. The lowest BCUT2D eigenvalue weighted by Gasteiger charge is -2.14. The van der Waals surface area contributed by atoms with Crippen LogP contribution in [0, 0.1) is 6.92 Å². The number of amides is 1. The van der Waals surface area contributed by atoms with Gasteiger partial charge in [0.25, 0.3) is 11.5 Å². The van der Waals surface area contributed by atoms with Gasteiger partial charge in [0, 0.05) is 22.9 Å². The molecule has 0 saturated carbocycles. The summed E-state index contributed by atoms with van der Waals surface area (Å²) in [7, 11) is 0. The van der Waals surface area contributed by atoms with Crippen molar-refractivity contribution in [3.05, 3.63) is 106 Å². The average molecular weight is 469 g/mol. The Morgan fingerprint density at radius 1 is 1.06 bits per heavy atom. The number of benzene rings is 2. The molecular formula is C24H18F3N3O2S. The number of fused-ring (bicyclic) bond motifs is 1. The molecule has 0 radical (unpaired) electrons. The Morgan fingerprint density at radius 2 is 1.79 bits per heavy atom. The third-order valence-corrected chi connectivity index (χ3v) is 6.03. The quantitative estimate of drug-likeness (QED) is 0.389. The second kappa shape index (κ2) is 9.11. The number of nitrogens with zero attached hydrogens (tertiary/aromatic N) is 2. The molecule has 0 fully saturated rings.